The Labute approximate surface area is 128 Å². The molecule has 0 heterocycles. The van der Waals surface area contributed by atoms with Gasteiger partial charge in [0.2, 0.25) is 0 Å². The van der Waals surface area contributed by atoms with Gasteiger partial charge in [-0.3, -0.25) is 4.99 Å². The number of rotatable bonds is 1. The van der Waals surface area contributed by atoms with Gasteiger partial charge >= 0.3 is 0 Å². The molecule has 1 nitrogen and oxygen atoms in total. The Morgan fingerprint density at radius 3 is 2.14 bits per heavy atom. The standard InChI is InChI=1S/C20H25N/c1-14-10-11-15-8-6-7-9-16(15)17(14)21-18-19(2,3)12-13-20(18,4)5/h6-11H,12-13H2,1-5H3. The maximum absolute atomic E-state index is 5.21. The molecule has 0 aliphatic heterocycles. The molecule has 0 N–H and O–H groups in total. The Hall–Kier alpha value is -1.63. The van der Waals surface area contributed by atoms with E-state index in [4.69, 9.17) is 4.99 Å². The second-order valence-corrected chi connectivity index (χ2v) is 7.68. The van der Waals surface area contributed by atoms with Crippen LogP contribution in [0.1, 0.15) is 46.1 Å². The van der Waals surface area contributed by atoms with Crippen LogP contribution in [-0.2, 0) is 0 Å². The topological polar surface area (TPSA) is 12.4 Å². The summed E-state index contributed by atoms with van der Waals surface area (Å²) in [7, 11) is 0. The molecule has 0 radical (unpaired) electrons. The Kier molecular flexibility index (Phi) is 3.20. The summed E-state index contributed by atoms with van der Waals surface area (Å²) in [5.74, 6) is 0. The average Bonchev–Trinajstić information content (AvgIpc) is 2.64. The predicted molar refractivity (Wildman–Crippen MR) is 92.6 cm³/mol. The molecule has 2 aromatic rings. The summed E-state index contributed by atoms with van der Waals surface area (Å²) in [6, 6.07) is 12.9. The number of aliphatic imine (C=N–C) groups is 1. The minimum Gasteiger partial charge on any atom is -0.256 e. The van der Waals surface area contributed by atoms with E-state index in [-0.39, 0.29) is 10.8 Å². The second kappa shape index (κ2) is 4.69. The number of aryl methyl sites for hydroxylation is 1. The maximum atomic E-state index is 5.21. The van der Waals surface area contributed by atoms with Crippen LogP contribution < -0.4 is 0 Å². The van der Waals surface area contributed by atoms with E-state index in [0.717, 1.165) is 5.69 Å². The maximum Gasteiger partial charge on any atom is 0.0736 e. The molecular weight excluding hydrogens is 254 g/mol. The zero-order chi connectivity index (χ0) is 15.3. The van der Waals surface area contributed by atoms with E-state index >= 15 is 0 Å². The SMILES string of the molecule is Cc1ccc2ccccc2c1N=C1C(C)(C)CCC1(C)C. The lowest BCUT2D eigenvalue weighted by molar-refractivity contribution is 0.476. The van der Waals surface area contributed by atoms with Gasteiger partial charge in [-0.25, -0.2) is 0 Å². The first-order valence-electron chi connectivity index (χ1n) is 7.89. The zero-order valence-corrected chi connectivity index (χ0v) is 13.8. The lowest BCUT2D eigenvalue weighted by Crippen LogP contribution is -2.27. The summed E-state index contributed by atoms with van der Waals surface area (Å²) in [6.45, 7) is 11.5. The molecule has 0 amide bonds. The average molecular weight is 279 g/mol. The molecule has 0 spiro atoms. The van der Waals surface area contributed by atoms with Gasteiger partial charge in [0.1, 0.15) is 0 Å². The quantitative estimate of drug-likeness (QED) is 0.601. The van der Waals surface area contributed by atoms with Crippen LogP contribution in [0.25, 0.3) is 10.8 Å². The Morgan fingerprint density at radius 2 is 1.48 bits per heavy atom. The summed E-state index contributed by atoms with van der Waals surface area (Å²) in [6.07, 6.45) is 2.45. The van der Waals surface area contributed by atoms with Gasteiger partial charge < -0.3 is 0 Å². The number of hydrogen-bond acceptors (Lipinski definition) is 1. The van der Waals surface area contributed by atoms with Gasteiger partial charge in [0, 0.05) is 21.9 Å². The minimum absolute atomic E-state index is 0.201. The van der Waals surface area contributed by atoms with E-state index in [9.17, 15) is 0 Å². The van der Waals surface area contributed by atoms with Crippen molar-refractivity contribution in [2.24, 2.45) is 15.8 Å². The molecule has 2 aromatic carbocycles. The van der Waals surface area contributed by atoms with Gasteiger partial charge in [-0.1, -0.05) is 64.1 Å². The van der Waals surface area contributed by atoms with Crippen LogP contribution in [-0.4, -0.2) is 5.71 Å². The predicted octanol–water partition coefficient (Wildman–Crippen LogP) is 6.07. The van der Waals surface area contributed by atoms with Crippen LogP contribution in [0, 0.1) is 17.8 Å². The Balaban J connectivity index is 2.26. The van der Waals surface area contributed by atoms with E-state index in [2.05, 4.69) is 71.0 Å². The van der Waals surface area contributed by atoms with Crippen molar-refractivity contribution in [3.05, 3.63) is 42.0 Å². The van der Waals surface area contributed by atoms with Crippen molar-refractivity contribution >= 4 is 22.2 Å². The lowest BCUT2D eigenvalue weighted by atomic mass is 9.81. The molecule has 110 valence electrons. The monoisotopic (exact) mass is 279 g/mol. The van der Waals surface area contributed by atoms with Crippen LogP contribution >= 0.6 is 0 Å². The molecule has 0 unspecified atom stereocenters. The summed E-state index contributed by atoms with van der Waals surface area (Å²) in [4.78, 5) is 5.21. The molecule has 0 bridgehead atoms. The Bertz CT molecular complexity index is 702. The van der Waals surface area contributed by atoms with E-state index in [1.165, 1.54) is 34.9 Å². The zero-order valence-electron chi connectivity index (χ0n) is 13.8. The summed E-state index contributed by atoms with van der Waals surface area (Å²) in [5, 5.41) is 2.54. The number of hydrogen-bond donors (Lipinski definition) is 0. The lowest BCUT2D eigenvalue weighted by Gasteiger charge is -2.26. The molecule has 0 saturated heterocycles. The van der Waals surface area contributed by atoms with Crippen LogP contribution in [0.15, 0.2) is 41.4 Å². The van der Waals surface area contributed by atoms with Crippen LogP contribution in [0.4, 0.5) is 5.69 Å². The molecular formula is C20H25N. The third-order valence-corrected chi connectivity index (χ3v) is 4.98. The third-order valence-electron chi connectivity index (χ3n) is 4.98. The summed E-state index contributed by atoms with van der Waals surface area (Å²) < 4.78 is 0. The molecule has 1 aliphatic rings. The van der Waals surface area contributed by atoms with Gasteiger partial charge in [0.05, 0.1) is 5.69 Å². The van der Waals surface area contributed by atoms with Crippen LogP contribution in [0.2, 0.25) is 0 Å². The molecule has 3 rings (SSSR count). The highest BCUT2D eigenvalue weighted by atomic mass is 14.8. The molecule has 0 atom stereocenters. The van der Waals surface area contributed by atoms with E-state index in [1.807, 2.05) is 0 Å². The van der Waals surface area contributed by atoms with Crippen molar-refractivity contribution in [1.29, 1.82) is 0 Å². The van der Waals surface area contributed by atoms with Gasteiger partial charge in [-0.05, 0) is 30.7 Å². The van der Waals surface area contributed by atoms with E-state index < -0.39 is 0 Å². The van der Waals surface area contributed by atoms with Crippen molar-refractivity contribution in [2.45, 2.75) is 47.5 Å². The van der Waals surface area contributed by atoms with Gasteiger partial charge in [-0.2, -0.15) is 0 Å². The second-order valence-electron chi connectivity index (χ2n) is 7.68. The van der Waals surface area contributed by atoms with E-state index in [1.54, 1.807) is 0 Å². The fraction of sp³-hybridized carbons (Fsp3) is 0.450. The molecule has 1 heteroatoms. The summed E-state index contributed by atoms with van der Waals surface area (Å²) in [5.41, 5.74) is 4.18. The van der Waals surface area contributed by atoms with Crippen molar-refractivity contribution in [3.8, 4) is 0 Å². The van der Waals surface area contributed by atoms with Crippen molar-refractivity contribution in [3.63, 3.8) is 0 Å². The molecule has 1 fully saturated rings. The largest absolute Gasteiger partial charge is 0.256 e. The fourth-order valence-corrected chi connectivity index (χ4v) is 3.70. The molecule has 1 saturated carbocycles. The summed E-state index contributed by atoms with van der Waals surface area (Å²) >= 11 is 0. The van der Waals surface area contributed by atoms with Gasteiger partial charge in [-0.15, -0.1) is 0 Å². The number of benzene rings is 2. The first kappa shape index (κ1) is 14.3. The fourth-order valence-electron chi connectivity index (χ4n) is 3.70. The smallest absolute Gasteiger partial charge is 0.0736 e. The van der Waals surface area contributed by atoms with Crippen LogP contribution in [0.5, 0.6) is 0 Å². The van der Waals surface area contributed by atoms with Crippen molar-refractivity contribution in [1.82, 2.24) is 0 Å². The van der Waals surface area contributed by atoms with Gasteiger partial charge in [0.15, 0.2) is 0 Å². The highest BCUT2D eigenvalue weighted by Gasteiger charge is 2.43. The number of nitrogens with zero attached hydrogens (tertiary/aromatic N) is 1. The van der Waals surface area contributed by atoms with Crippen molar-refractivity contribution in [2.75, 3.05) is 0 Å². The highest BCUT2D eigenvalue weighted by Crippen LogP contribution is 2.47. The third kappa shape index (κ3) is 2.39. The molecule has 0 aromatic heterocycles. The first-order valence-corrected chi connectivity index (χ1v) is 7.89. The normalized spacial score (nSPS) is 20.0. The van der Waals surface area contributed by atoms with Crippen molar-refractivity contribution < 1.29 is 0 Å². The molecule has 1 aliphatic carbocycles. The number of fused-ring (bicyclic) bond motifs is 1. The first-order chi connectivity index (χ1) is 9.81. The molecule has 21 heavy (non-hydrogen) atoms. The minimum atomic E-state index is 0.201. The highest BCUT2D eigenvalue weighted by molar-refractivity contribution is 6.02. The van der Waals surface area contributed by atoms with Gasteiger partial charge in [0.25, 0.3) is 0 Å². The Morgan fingerprint density at radius 1 is 0.857 bits per heavy atom. The van der Waals surface area contributed by atoms with Crippen LogP contribution in [0.3, 0.4) is 0 Å². The van der Waals surface area contributed by atoms with E-state index in [0.29, 0.717) is 0 Å².